The van der Waals surface area contributed by atoms with Crippen molar-refractivity contribution in [3.05, 3.63) is 59.1 Å². The molecule has 4 nitrogen and oxygen atoms in total. The number of amides is 1. The second-order valence-corrected chi connectivity index (χ2v) is 8.90. The van der Waals surface area contributed by atoms with Gasteiger partial charge in [-0.3, -0.25) is 4.79 Å². The quantitative estimate of drug-likeness (QED) is 0.811. The fourth-order valence-corrected chi connectivity index (χ4v) is 3.65. The van der Waals surface area contributed by atoms with Gasteiger partial charge in [0.15, 0.2) is 9.84 Å². The van der Waals surface area contributed by atoms with Gasteiger partial charge in [0, 0.05) is 5.02 Å². The van der Waals surface area contributed by atoms with E-state index in [4.69, 9.17) is 11.6 Å². The molecule has 0 fully saturated rings. The standard InChI is InChI=1S/C17H15ClF3NO3S/c1-16(2,26(24,25)12-9-7-11(18)8-10-12)15(23)22-14-6-4-3-5-13(14)17(19,20)21/h3-10H,1-2H3,(H,22,23). The monoisotopic (exact) mass is 405 g/mol. The Morgan fingerprint density at radius 2 is 1.54 bits per heavy atom. The third-order valence-electron chi connectivity index (χ3n) is 3.82. The van der Waals surface area contributed by atoms with E-state index >= 15 is 0 Å². The highest BCUT2D eigenvalue weighted by Crippen LogP contribution is 2.35. The number of carbonyl (C=O) groups is 1. The molecular formula is C17H15ClF3NO3S. The van der Waals surface area contributed by atoms with Crippen LogP contribution in [0.4, 0.5) is 18.9 Å². The molecule has 2 aromatic rings. The zero-order chi connectivity index (χ0) is 19.8. The first kappa shape index (κ1) is 20.3. The van der Waals surface area contributed by atoms with Gasteiger partial charge >= 0.3 is 6.18 Å². The number of carbonyl (C=O) groups excluding carboxylic acids is 1. The molecule has 0 unspecified atom stereocenters. The molecule has 0 saturated heterocycles. The molecule has 140 valence electrons. The Morgan fingerprint density at radius 1 is 1.00 bits per heavy atom. The molecule has 2 aromatic carbocycles. The first-order valence-electron chi connectivity index (χ1n) is 7.35. The van der Waals surface area contributed by atoms with Gasteiger partial charge < -0.3 is 5.32 Å². The fraction of sp³-hybridized carbons (Fsp3) is 0.235. The summed E-state index contributed by atoms with van der Waals surface area (Å²) in [5.41, 5.74) is -1.57. The lowest BCUT2D eigenvalue weighted by atomic mass is 10.1. The van der Waals surface area contributed by atoms with Crippen LogP contribution in [0.25, 0.3) is 0 Å². The summed E-state index contributed by atoms with van der Waals surface area (Å²) in [6.45, 7) is 2.25. The van der Waals surface area contributed by atoms with Crippen LogP contribution in [-0.2, 0) is 20.8 Å². The number of hydrogen-bond donors (Lipinski definition) is 1. The highest BCUT2D eigenvalue weighted by molar-refractivity contribution is 7.93. The van der Waals surface area contributed by atoms with Gasteiger partial charge in [0.05, 0.1) is 16.1 Å². The minimum Gasteiger partial charge on any atom is -0.324 e. The van der Waals surface area contributed by atoms with Gasteiger partial charge in [-0.15, -0.1) is 0 Å². The highest BCUT2D eigenvalue weighted by atomic mass is 35.5. The number of rotatable bonds is 4. The molecule has 1 N–H and O–H groups in total. The van der Waals surface area contributed by atoms with Crippen molar-refractivity contribution in [2.45, 2.75) is 29.7 Å². The third-order valence-corrected chi connectivity index (χ3v) is 6.50. The SMILES string of the molecule is CC(C)(C(=O)Nc1ccccc1C(F)(F)F)S(=O)(=O)c1ccc(Cl)cc1. The van der Waals surface area contributed by atoms with E-state index in [0.717, 1.165) is 26.0 Å². The van der Waals surface area contributed by atoms with Crippen LogP contribution in [-0.4, -0.2) is 19.1 Å². The summed E-state index contributed by atoms with van der Waals surface area (Å²) in [5, 5.41) is 2.39. The van der Waals surface area contributed by atoms with Gasteiger partial charge in [-0.05, 0) is 50.2 Å². The number of nitrogens with one attached hydrogen (secondary N) is 1. The maximum atomic E-state index is 13.1. The third kappa shape index (κ3) is 3.86. The van der Waals surface area contributed by atoms with Gasteiger partial charge in [-0.25, -0.2) is 8.42 Å². The number of alkyl halides is 3. The van der Waals surface area contributed by atoms with Gasteiger partial charge in [0.1, 0.15) is 4.75 Å². The van der Waals surface area contributed by atoms with E-state index in [1.807, 2.05) is 0 Å². The number of hydrogen-bond acceptors (Lipinski definition) is 3. The lowest BCUT2D eigenvalue weighted by Gasteiger charge is -2.25. The summed E-state index contributed by atoms with van der Waals surface area (Å²) in [7, 11) is -4.17. The Hall–Kier alpha value is -2.06. The van der Waals surface area contributed by atoms with Gasteiger partial charge in [-0.2, -0.15) is 13.2 Å². The van der Waals surface area contributed by atoms with E-state index in [2.05, 4.69) is 5.32 Å². The predicted octanol–water partition coefficient (Wildman–Crippen LogP) is 4.55. The summed E-state index contributed by atoms with van der Waals surface area (Å²) in [4.78, 5) is 12.4. The summed E-state index contributed by atoms with van der Waals surface area (Å²) < 4.78 is 62.6. The molecule has 0 aliphatic rings. The van der Waals surface area contributed by atoms with Crippen LogP contribution in [0, 0.1) is 0 Å². The van der Waals surface area contributed by atoms with E-state index in [9.17, 15) is 26.4 Å². The highest BCUT2D eigenvalue weighted by Gasteiger charge is 2.44. The minimum absolute atomic E-state index is 0.161. The van der Waals surface area contributed by atoms with E-state index < -0.39 is 37.9 Å². The Balaban J connectivity index is 2.39. The van der Waals surface area contributed by atoms with Crippen molar-refractivity contribution in [1.82, 2.24) is 0 Å². The number of benzene rings is 2. The second-order valence-electron chi connectivity index (χ2n) is 5.97. The molecule has 0 spiro atoms. The van der Waals surface area contributed by atoms with E-state index in [0.29, 0.717) is 5.02 Å². The molecule has 0 heterocycles. The summed E-state index contributed by atoms with van der Waals surface area (Å²) >= 11 is 5.73. The molecule has 0 aliphatic heterocycles. The summed E-state index contributed by atoms with van der Waals surface area (Å²) in [6, 6.07) is 9.51. The lowest BCUT2D eigenvalue weighted by molar-refractivity contribution is -0.137. The maximum absolute atomic E-state index is 13.1. The van der Waals surface area contributed by atoms with Crippen molar-refractivity contribution < 1.29 is 26.4 Å². The largest absolute Gasteiger partial charge is 0.418 e. The van der Waals surface area contributed by atoms with Crippen LogP contribution >= 0.6 is 11.6 Å². The fourth-order valence-electron chi connectivity index (χ4n) is 2.14. The molecule has 0 radical (unpaired) electrons. The number of anilines is 1. The molecule has 0 aromatic heterocycles. The molecular weight excluding hydrogens is 391 g/mol. The summed E-state index contributed by atoms with van der Waals surface area (Å²) in [5.74, 6) is -1.08. The molecule has 0 bridgehead atoms. The van der Waals surface area contributed by atoms with Crippen LogP contribution in [0.2, 0.25) is 5.02 Å². The lowest BCUT2D eigenvalue weighted by Crippen LogP contribution is -2.44. The first-order chi connectivity index (χ1) is 11.9. The van der Waals surface area contributed by atoms with Crippen molar-refractivity contribution in [2.24, 2.45) is 0 Å². The summed E-state index contributed by atoms with van der Waals surface area (Å²) in [6.07, 6.45) is -4.69. The predicted molar refractivity (Wildman–Crippen MR) is 92.8 cm³/mol. The molecule has 9 heteroatoms. The van der Waals surface area contributed by atoms with Crippen molar-refractivity contribution in [3.63, 3.8) is 0 Å². The average Bonchev–Trinajstić information content (AvgIpc) is 2.54. The van der Waals surface area contributed by atoms with Crippen LogP contribution in [0.3, 0.4) is 0 Å². The van der Waals surface area contributed by atoms with Crippen molar-refractivity contribution >= 4 is 33.0 Å². The first-order valence-corrected chi connectivity index (χ1v) is 9.21. The second kappa shape index (κ2) is 6.92. The molecule has 2 rings (SSSR count). The topological polar surface area (TPSA) is 63.2 Å². The Morgan fingerprint density at radius 3 is 2.08 bits per heavy atom. The number of para-hydroxylation sites is 1. The van der Waals surface area contributed by atoms with Gasteiger partial charge in [-0.1, -0.05) is 23.7 Å². The van der Waals surface area contributed by atoms with Crippen LogP contribution < -0.4 is 5.32 Å². The van der Waals surface area contributed by atoms with Gasteiger partial charge in [0.25, 0.3) is 0 Å². The molecule has 26 heavy (non-hydrogen) atoms. The van der Waals surface area contributed by atoms with Crippen molar-refractivity contribution in [3.8, 4) is 0 Å². The zero-order valence-electron chi connectivity index (χ0n) is 13.8. The zero-order valence-corrected chi connectivity index (χ0v) is 15.3. The average molecular weight is 406 g/mol. The Labute approximate surface area is 153 Å². The normalized spacial score (nSPS) is 12.7. The Bertz CT molecular complexity index is 923. The van der Waals surface area contributed by atoms with Crippen LogP contribution in [0.15, 0.2) is 53.4 Å². The maximum Gasteiger partial charge on any atom is 0.418 e. The molecule has 0 atom stereocenters. The van der Waals surface area contributed by atoms with Gasteiger partial charge in [0.2, 0.25) is 5.91 Å². The minimum atomic E-state index is -4.69. The van der Waals surface area contributed by atoms with E-state index in [-0.39, 0.29) is 4.90 Å². The molecule has 0 saturated carbocycles. The van der Waals surface area contributed by atoms with E-state index in [1.54, 1.807) is 0 Å². The molecule has 0 aliphatic carbocycles. The number of halogens is 4. The van der Waals surface area contributed by atoms with Crippen LogP contribution in [0.5, 0.6) is 0 Å². The Kier molecular flexibility index (Phi) is 5.39. The molecule has 1 amide bonds. The van der Waals surface area contributed by atoms with E-state index in [1.165, 1.54) is 36.4 Å². The number of sulfone groups is 1. The van der Waals surface area contributed by atoms with Crippen molar-refractivity contribution in [1.29, 1.82) is 0 Å². The smallest absolute Gasteiger partial charge is 0.324 e. The van der Waals surface area contributed by atoms with Crippen LogP contribution in [0.1, 0.15) is 19.4 Å². The van der Waals surface area contributed by atoms with Crippen molar-refractivity contribution in [2.75, 3.05) is 5.32 Å².